The molecule has 1 aliphatic heterocycles. The van der Waals surface area contributed by atoms with Crippen LogP contribution in [0.15, 0.2) is 35.7 Å². The first kappa shape index (κ1) is 20.6. The first-order valence-electron chi connectivity index (χ1n) is 8.98. The van der Waals surface area contributed by atoms with Crippen LogP contribution in [0.3, 0.4) is 0 Å². The van der Waals surface area contributed by atoms with Gasteiger partial charge in [0.15, 0.2) is 6.04 Å². The lowest BCUT2D eigenvalue weighted by atomic mass is 10.1. The minimum absolute atomic E-state index is 0.00720. The minimum Gasteiger partial charge on any atom is -0.346 e. The molecule has 1 heterocycles. The summed E-state index contributed by atoms with van der Waals surface area (Å²) in [4.78, 5) is 13.4. The molecule has 0 aromatic heterocycles. The van der Waals surface area contributed by atoms with Gasteiger partial charge in [0.05, 0.1) is 26.2 Å². The van der Waals surface area contributed by atoms with Crippen LogP contribution in [0.25, 0.3) is 6.08 Å². The predicted molar refractivity (Wildman–Crippen MR) is 104 cm³/mol. The summed E-state index contributed by atoms with van der Waals surface area (Å²) < 4.78 is 26.5. The number of carbonyl (C=O) groups excluding carboxylic acids is 1. The zero-order valence-corrected chi connectivity index (χ0v) is 16.8. The summed E-state index contributed by atoms with van der Waals surface area (Å²) in [6, 6.07) is 9.17. The fourth-order valence-electron chi connectivity index (χ4n) is 2.94. The molecule has 2 rings (SSSR count). The van der Waals surface area contributed by atoms with E-state index in [0.29, 0.717) is 26.2 Å². The molecule has 1 saturated heterocycles. The summed E-state index contributed by atoms with van der Waals surface area (Å²) in [6.45, 7) is 9.85. The summed E-state index contributed by atoms with van der Waals surface area (Å²) in [7, 11) is -3.44. The van der Waals surface area contributed by atoms with Crippen LogP contribution >= 0.6 is 0 Å². The van der Waals surface area contributed by atoms with E-state index >= 15 is 0 Å². The zero-order chi connectivity index (χ0) is 19.4. The molecule has 6 nitrogen and oxygen atoms in total. The molecule has 0 saturated carbocycles. The highest BCUT2D eigenvalue weighted by Crippen LogP contribution is 2.08. The Morgan fingerprint density at radius 1 is 1.19 bits per heavy atom. The Morgan fingerprint density at radius 3 is 2.31 bits per heavy atom. The summed E-state index contributed by atoms with van der Waals surface area (Å²) in [5, 5.41) is 4.26. The van der Waals surface area contributed by atoms with Crippen molar-refractivity contribution in [3.8, 4) is 0 Å². The zero-order valence-electron chi connectivity index (χ0n) is 16.0. The Bertz CT molecular complexity index is 731. The second-order valence-electron chi connectivity index (χ2n) is 7.78. The van der Waals surface area contributed by atoms with Crippen molar-refractivity contribution >= 4 is 22.0 Å². The molecule has 1 aromatic carbocycles. The van der Waals surface area contributed by atoms with E-state index in [1.165, 1.54) is 9.71 Å². The fraction of sp³-hybridized carbons (Fsp3) is 0.526. The average Bonchev–Trinajstić information content (AvgIpc) is 2.59. The fourth-order valence-corrected chi connectivity index (χ4v) is 4.13. The van der Waals surface area contributed by atoms with Crippen molar-refractivity contribution in [2.45, 2.75) is 39.3 Å². The van der Waals surface area contributed by atoms with Gasteiger partial charge in [0, 0.05) is 10.9 Å². The van der Waals surface area contributed by atoms with Gasteiger partial charge < -0.3 is 10.2 Å². The Morgan fingerprint density at radius 2 is 1.77 bits per heavy atom. The second-order valence-corrected chi connectivity index (χ2v) is 9.60. The highest BCUT2D eigenvalue weighted by Gasteiger charge is 2.33. The van der Waals surface area contributed by atoms with Crippen LogP contribution < -0.4 is 10.2 Å². The van der Waals surface area contributed by atoms with Gasteiger partial charge in [0.25, 0.3) is 5.91 Å². The van der Waals surface area contributed by atoms with Crippen LogP contribution in [-0.2, 0) is 14.8 Å². The number of sulfonamides is 1. The maximum atomic E-state index is 12.5. The molecule has 0 spiro atoms. The van der Waals surface area contributed by atoms with E-state index in [1.807, 2.05) is 58.0 Å². The third kappa shape index (κ3) is 5.93. The van der Waals surface area contributed by atoms with E-state index in [4.69, 9.17) is 0 Å². The van der Waals surface area contributed by atoms with Gasteiger partial charge in [0.1, 0.15) is 0 Å². The van der Waals surface area contributed by atoms with Crippen LogP contribution in [0.1, 0.15) is 33.3 Å². The van der Waals surface area contributed by atoms with E-state index in [-0.39, 0.29) is 17.5 Å². The highest BCUT2D eigenvalue weighted by molar-refractivity contribution is 7.92. The molecule has 0 unspecified atom stereocenters. The Labute approximate surface area is 156 Å². The number of piperazine rings is 1. The SMILES string of the molecule is C[C@@H](C(=O)NC(C)(C)C)[NH+]1CCN(S(=O)(=O)/C=C/c2ccccc2)CC1. The molecule has 0 radical (unpaired) electrons. The topological polar surface area (TPSA) is 70.9 Å². The molecule has 144 valence electrons. The summed E-state index contributed by atoms with van der Waals surface area (Å²) in [6.07, 6.45) is 1.62. The van der Waals surface area contributed by atoms with Crippen molar-refractivity contribution in [3.05, 3.63) is 41.3 Å². The van der Waals surface area contributed by atoms with Gasteiger partial charge in [-0.05, 0) is 39.3 Å². The first-order valence-corrected chi connectivity index (χ1v) is 10.5. The van der Waals surface area contributed by atoms with Crippen molar-refractivity contribution in [1.82, 2.24) is 9.62 Å². The van der Waals surface area contributed by atoms with Crippen LogP contribution in [0, 0.1) is 0 Å². The number of quaternary nitrogens is 1. The normalized spacial score (nSPS) is 18.8. The van der Waals surface area contributed by atoms with Gasteiger partial charge in [-0.1, -0.05) is 30.3 Å². The summed E-state index contributed by atoms with van der Waals surface area (Å²) >= 11 is 0. The standard InChI is InChI=1S/C19H29N3O3S/c1-16(18(23)20-19(2,3)4)21-11-13-22(14-12-21)26(24,25)15-10-17-8-6-5-7-9-17/h5-10,15-16H,11-14H2,1-4H3,(H,20,23)/p+1/b15-10+/t16-/m0/s1. The Balaban J connectivity index is 1.93. The molecule has 0 aliphatic carbocycles. The van der Waals surface area contributed by atoms with Gasteiger partial charge in [-0.2, -0.15) is 4.31 Å². The van der Waals surface area contributed by atoms with Crippen LogP contribution in [-0.4, -0.2) is 56.4 Å². The molecular formula is C19H30N3O3S+. The van der Waals surface area contributed by atoms with Crippen molar-refractivity contribution < 1.29 is 18.1 Å². The van der Waals surface area contributed by atoms with Crippen molar-refractivity contribution in [2.24, 2.45) is 0 Å². The van der Waals surface area contributed by atoms with E-state index < -0.39 is 10.0 Å². The van der Waals surface area contributed by atoms with Crippen LogP contribution in [0.2, 0.25) is 0 Å². The maximum Gasteiger partial charge on any atom is 0.278 e. The number of nitrogens with zero attached hydrogens (tertiary/aromatic N) is 1. The molecule has 0 bridgehead atoms. The molecule has 1 fully saturated rings. The number of nitrogens with one attached hydrogen (secondary N) is 2. The number of carbonyl (C=O) groups is 1. The third-order valence-electron chi connectivity index (χ3n) is 4.46. The van der Waals surface area contributed by atoms with E-state index in [2.05, 4.69) is 5.32 Å². The molecule has 26 heavy (non-hydrogen) atoms. The number of benzene rings is 1. The molecule has 1 aliphatic rings. The van der Waals surface area contributed by atoms with Gasteiger partial charge in [-0.3, -0.25) is 4.79 Å². The number of hydrogen-bond acceptors (Lipinski definition) is 3. The molecular weight excluding hydrogens is 350 g/mol. The third-order valence-corrected chi connectivity index (χ3v) is 6.03. The monoisotopic (exact) mass is 380 g/mol. The summed E-state index contributed by atoms with van der Waals surface area (Å²) in [5.41, 5.74) is 0.589. The number of hydrogen-bond donors (Lipinski definition) is 2. The smallest absolute Gasteiger partial charge is 0.278 e. The summed E-state index contributed by atoms with van der Waals surface area (Å²) in [5.74, 6) is 0.00720. The average molecular weight is 381 g/mol. The molecule has 1 aromatic rings. The predicted octanol–water partition coefficient (Wildman–Crippen LogP) is 0.491. The van der Waals surface area contributed by atoms with Crippen molar-refractivity contribution in [1.29, 1.82) is 0 Å². The highest BCUT2D eigenvalue weighted by atomic mass is 32.2. The molecule has 1 amide bonds. The van der Waals surface area contributed by atoms with Gasteiger partial charge in [-0.25, -0.2) is 8.42 Å². The van der Waals surface area contributed by atoms with Gasteiger partial charge in [-0.15, -0.1) is 0 Å². The van der Waals surface area contributed by atoms with E-state index in [1.54, 1.807) is 6.08 Å². The van der Waals surface area contributed by atoms with Crippen LogP contribution in [0.4, 0.5) is 0 Å². The van der Waals surface area contributed by atoms with Gasteiger partial charge >= 0.3 is 0 Å². The minimum atomic E-state index is -3.44. The number of rotatable bonds is 5. The molecule has 7 heteroatoms. The Hall–Kier alpha value is -1.70. The maximum absolute atomic E-state index is 12.5. The van der Waals surface area contributed by atoms with Gasteiger partial charge in [0.2, 0.25) is 10.0 Å². The Kier molecular flexibility index (Phi) is 6.60. The largest absolute Gasteiger partial charge is 0.346 e. The molecule has 2 N–H and O–H groups in total. The second kappa shape index (κ2) is 8.33. The van der Waals surface area contributed by atoms with E-state index in [0.717, 1.165) is 10.5 Å². The van der Waals surface area contributed by atoms with Crippen molar-refractivity contribution in [3.63, 3.8) is 0 Å². The quantitative estimate of drug-likeness (QED) is 0.781. The first-order chi connectivity index (χ1) is 12.1. The van der Waals surface area contributed by atoms with Crippen molar-refractivity contribution in [2.75, 3.05) is 26.2 Å². The lowest BCUT2D eigenvalue weighted by Crippen LogP contribution is -3.19. The lowest BCUT2D eigenvalue weighted by molar-refractivity contribution is -0.917. The number of amides is 1. The van der Waals surface area contributed by atoms with Crippen LogP contribution in [0.5, 0.6) is 0 Å². The van der Waals surface area contributed by atoms with E-state index in [9.17, 15) is 13.2 Å². The molecule has 1 atom stereocenters. The lowest BCUT2D eigenvalue weighted by Gasteiger charge is -2.34.